The maximum absolute atomic E-state index is 11.1. The quantitative estimate of drug-likeness (QED) is 0.669. The first-order valence-corrected chi connectivity index (χ1v) is 6.91. The Labute approximate surface area is 113 Å². The molecule has 0 aromatic heterocycles. The van der Waals surface area contributed by atoms with Gasteiger partial charge < -0.3 is 15.6 Å². The van der Waals surface area contributed by atoms with Gasteiger partial charge in [-0.15, -0.1) is 0 Å². The number of carbonyl (C=O) groups excluding carboxylic acids is 1. The molecule has 6 heteroatoms. The molecule has 1 aliphatic carbocycles. The summed E-state index contributed by atoms with van der Waals surface area (Å²) < 4.78 is 5.28. The maximum Gasteiger partial charge on any atom is 0.404 e. The van der Waals surface area contributed by atoms with Gasteiger partial charge in [-0.3, -0.25) is 5.43 Å². The van der Waals surface area contributed by atoms with Crippen LogP contribution in [0, 0.1) is 11.8 Å². The van der Waals surface area contributed by atoms with Gasteiger partial charge >= 0.3 is 6.09 Å². The highest BCUT2D eigenvalue weighted by Crippen LogP contribution is 2.38. The van der Waals surface area contributed by atoms with E-state index in [0.29, 0.717) is 0 Å². The van der Waals surface area contributed by atoms with Gasteiger partial charge in [0.05, 0.1) is 0 Å². The molecule has 1 amide bonds. The molecule has 4 N–H and O–H groups in total. The van der Waals surface area contributed by atoms with Crippen molar-refractivity contribution >= 4 is 11.8 Å². The number of ether oxygens (including phenoxy) is 1. The fourth-order valence-electron chi connectivity index (χ4n) is 3.34. The minimum Gasteiger partial charge on any atom is -0.446 e. The van der Waals surface area contributed by atoms with E-state index in [9.17, 15) is 9.90 Å². The largest absolute Gasteiger partial charge is 0.446 e. The summed E-state index contributed by atoms with van der Waals surface area (Å²) in [5.41, 5.74) is 7.77. The van der Waals surface area contributed by atoms with Crippen molar-refractivity contribution in [1.29, 1.82) is 0 Å². The predicted molar refractivity (Wildman–Crippen MR) is 71.4 cm³/mol. The molecule has 1 saturated carbocycles. The molecule has 0 aromatic carbocycles. The van der Waals surface area contributed by atoms with Crippen molar-refractivity contribution in [3.05, 3.63) is 0 Å². The number of fused-ring (bicyclic) bond motifs is 1. The molecule has 6 nitrogen and oxygen atoms in total. The lowest BCUT2D eigenvalue weighted by Gasteiger charge is -2.45. The van der Waals surface area contributed by atoms with Crippen LogP contribution in [-0.2, 0) is 4.74 Å². The number of hydrogen-bond acceptors (Lipinski definition) is 5. The fourth-order valence-corrected chi connectivity index (χ4v) is 3.34. The maximum atomic E-state index is 11.1. The number of nitrogens with one attached hydrogen (secondary N) is 1. The molecule has 0 saturated heterocycles. The summed E-state index contributed by atoms with van der Waals surface area (Å²) in [6, 6.07) is 0. The molecule has 4 unspecified atom stereocenters. The number of rotatable bonds is 1. The normalized spacial score (nSPS) is 39.1. The highest BCUT2D eigenvalue weighted by atomic mass is 16.6. The third-order valence-electron chi connectivity index (χ3n) is 4.27. The van der Waals surface area contributed by atoms with Gasteiger partial charge in [0.2, 0.25) is 0 Å². The Morgan fingerprint density at radius 3 is 2.84 bits per heavy atom. The molecular formula is C13H23N3O3. The SMILES string of the molecule is CC1=NNC(C)(O)C2CCCCCC(OC(N)=O)C12. The first-order valence-electron chi connectivity index (χ1n) is 6.91. The molecule has 0 radical (unpaired) electrons. The van der Waals surface area contributed by atoms with Crippen molar-refractivity contribution in [1.82, 2.24) is 5.43 Å². The number of hydrazone groups is 1. The van der Waals surface area contributed by atoms with E-state index >= 15 is 0 Å². The van der Waals surface area contributed by atoms with Crippen molar-refractivity contribution in [3.63, 3.8) is 0 Å². The van der Waals surface area contributed by atoms with E-state index in [2.05, 4.69) is 10.5 Å². The molecule has 4 atom stereocenters. The highest BCUT2D eigenvalue weighted by Gasteiger charge is 2.46. The van der Waals surface area contributed by atoms with Crippen LogP contribution in [0.15, 0.2) is 5.10 Å². The van der Waals surface area contributed by atoms with Gasteiger partial charge in [0, 0.05) is 17.5 Å². The van der Waals surface area contributed by atoms with E-state index < -0.39 is 11.8 Å². The van der Waals surface area contributed by atoms with E-state index in [-0.39, 0.29) is 17.9 Å². The standard InChI is InChI=1S/C13H23N3O3/c1-8-11-9(13(2,18)16-15-8)6-4-3-5-7-10(11)19-12(14)17/h9-11,16,18H,3-7H2,1-2H3,(H2,14,17). The van der Waals surface area contributed by atoms with Crippen LogP contribution in [0.2, 0.25) is 0 Å². The number of nitrogens with zero attached hydrogens (tertiary/aromatic N) is 1. The van der Waals surface area contributed by atoms with Gasteiger partial charge in [-0.05, 0) is 33.1 Å². The number of aliphatic hydroxyl groups is 1. The van der Waals surface area contributed by atoms with Crippen LogP contribution in [0.1, 0.15) is 46.0 Å². The zero-order valence-corrected chi connectivity index (χ0v) is 11.6. The van der Waals surface area contributed by atoms with Gasteiger partial charge in [0.1, 0.15) is 6.10 Å². The molecule has 1 heterocycles. The summed E-state index contributed by atoms with van der Waals surface area (Å²) in [7, 11) is 0. The first kappa shape index (κ1) is 14.1. The van der Waals surface area contributed by atoms with E-state index in [4.69, 9.17) is 10.5 Å². The van der Waals surface area contributed by atoms with Gasteiger partial charge in [-0.25, -0.2) is 4.79 Å². The Morgan fingerprint density at radius 1 is 1.47 bits per heavy atom. The van der Waals surface area contributed by atoms with Crippen LogP contribution in [0.3, 0.4) is 0 Å². The predicted octanol–water partition coefficient (Wildman–Crippen LogP) is 1.33. The lowest BCUT2D eigenvalue weighted by molar-refractivity contribution is -0.0819. The van der Waals surface area contributed by atoms with Gasteiger partial charge in [0.15, 0.2) is 5.72 Å². The van der Waals surface area contributed by atoms with E-state index in [1.807, 2.05) is 6.92 Å². The lowest BCUT2D eigenvalue weighted by atomic mass is 9.72. The molecule has 108 valence electrons. The second-order valence-corrected chi connectivity index (χ2v) is 5.76. The Bertz CT molecular complexity index is 381. The molecule has 1 aliphatic heterocycles. The minimum absolute atomic E-state index is 0.0188. The zero-order valence-electron chi connectivity index (χ0n) is 11.6. The van der Waals surface area contributed by atoms with Crippen molar-refractivity contribution in [3.8, 4) is 0 Å². The Balaban J connectivity index is 2.30. The number of amides is 1. The second-order valence-electron chi connectivity index (χ2n) is 5.76. The lowest BCUT2D eigenvalue weighted by Crippen LogP contribution is -2.57. The summed E-state index contributed by atoms with van der Waals surface area (Å²) >= 11 is 0. The molecule has 2 rings (SSSR count). The molecule has 19 heavy (non-hydrogen) atoms. The van der Waals surface area contributed by atoms with Crippen molar-refractivity contribution in [2.24, 2.45) is 22.7 Å². The summed E-state index contributed by atoms with van der Waals surface area (Å²) in [6.07, 6.45) is 3.76. The third-order valence-corrected chi connectivity index (χ3v) is 4.27. The van der Waals surface area contributed by atoms with Crippen LogP contribution in [-0.4, -0.2) is 28.7 Å². The average Bonchev–Trinajstić information content (AvgIpc) is 2.28. The van der Waals surface area contributed by atoms with Crippen LogP contribution in [0.5, 0.6) is 0 Å². The number of hydrogen-bond donors (Lipinski definition) is 3. The van der Waals surface area contributed by atoms with Gasteiger partial charge in [0.25, 0.3) is 0 Å². The average molecular weight is 269 g/mol. The molecular weight excluding hydrogens is 246 g/mol. The molecule has 0 spiro atoms. The third kappa shape index (κ3) is 3.00. The minimum atomic E-state index is -1.07. The topological polar surface area (TPSA) is 96.9 Å². The fraction of sp³-hybridized carbons (Fsp3) is 0.846. The Kier molecular flexibility index (Phi) is 3.99. The Hall–Kier alpha value is -1.30. The van der Waals surface area contributed by atoms with Crippen LogP contribution >= 0.6 is 0 Å². The van der Waals surface area contributed by atoms with Crippen LogP contribution < -0.4 is 11.2 Å². The summed E-state index contributed by atoms with van der Waals surface area (Å²) in [5, 5.41) is 14.6. The number of primary amides is 1. The van der Waals surface area contributed by atoms with Crippen molar-refractivity contribution in [2.45, 2.75) is 57.8 Å². The first-order chi connectivity index (χ1) is 8.92. The number of carbonyl (C=O) groups is 1. The molecule has 0 bridgehead atoms. The smallest absolute Gasteiger partial charge is 0.404 e. The van der Waals surface area contributed by atoms with Gasteiger partial charge in [-0.1, -0.05) is 12.8 Å². The van der Waals surface area contributed by atoms with E-state index in [0.717, 1.165) is 37.8 Å². The van der Waals surface area contributed by atoms with Crippen LogP contribution in [0.4, 0.5) is 4.79 Å². The van der Waals surface area contributed by atoms with Crippen LogP contribution in [0.25, 0.3) is 0 Å². The Morgan fingerprint density at radius 2 is 2.16 bits per heavy atom. The number of nitrogens with two attached hydrogens (primary N) is 1. The molecule has 2 aliphatic rings. The van der Waals surface area contributed by atoms with Crippen molar-refractivity contribution < 1.29 is 14.6 Å². The van der Waals surface area contributed by atoms with Crippen molar-refractivity contribution in [2.75, 3.05) is 0 Å². The molecule has 0 aromatic rings. The molecule has 1 fully saturated rings. The highest BCUT2D eigenvalue weighted by molar-refractivity contribution is 5.86. The summed E-state index contributed by atoms with van der Waals surface area (Å²) in [4.78, 5) is 11.1. The van der Waals surface area contributed by atoms with Gasteiger partial charge in [-0.2, -0.15) is 5.10 Å². The second kappa shape index (κ2) is 5.36. The van der Waals surface area contributed by atoms with E-state index in [1.54, 1.807) is 6.92 Å². The summed E-state index contributed by atoms with van der Waals surface area (Å²) in [5.74, 6) is -0.0845. The van der Waals surface area contributed by atoms with E-state index in [1.165, 1.54) is 0 Å². The zero-order chi connectivity index (χ0) is 14.0. The summed E-state index contributed by atoms with van der Waals surface area (Å²) in [6.45, 7) is 3.63. The monoisotopic (exact) mass is 269 g/mol.